The Morgan fingerprint density at radius 1 is 1.47 bits per heavy atom. The Morgan fingerprint density at radius 2 is 2.24 bits per heavy atom. The monoisotopic (exact) mass is 295 g/mol. The Labute approximate surface area is 111 Å². The highest BCUT2D eigenvalue weighted by Gasteiger charge is 2.24. The highest BCUT2D eigenvalue weighted by atomic mass is 79.9. The molecule has 0 bridgehead atoms. The number of hydrogen-bond donors (Lipinski definition) is 0. The molecule has 1 aliphatic rings. The molecule has 1 saturated heterocycles. The molecule has 1 unspecified atom stereocenters. The van der Waals surface area contributed by atoms with Crippen molar-refractivity contribution in [2.24, 2.45) is 0 Å². The van der Waals surface area contributed by atoms with Gasteiger partial charge in [0, 0.05) is 35.6 Å². The number of anilines is 1. The number of halogens is 1. The van der Waals surface area contributed by atoms with Gasteiger partial charge in [-0.15, -0.1) is 0 Å². The van der Waals surface area contributed by atoms with Gasteiger partial charge in [-0.25, -0.2) is 0 Å². The van der Waals surface area contributed by atoms with Crippen LogP contribution in [0.15, 0.2) is 22.7 Å². The minimum Gasteiger partial charge on any atom is -0.368 e. The molecule has 0 aliphatic carbocycles. The molecule has 1 atom stereocenters. The van der Waals surface area contributed by atoms with Crippen LogP contribution in [-0.2, 0) is 11.2 Å². The van der Waals surface area contributed by atoms with Crippen LogP contribution in [0.3, 0.4) is 0 Å². The summed E-state index contributed by atoms with van der Waals surface area (Å²) in [5.41, 5.74) is 2.64. The molecule has 0 N–H and O–H groups in total. The molecule has 0 aromatic heterocycles. The Morgan fingerprint density at radius 3 is 2.88 bits per heavy atom. The molecule has 1 aromatic rings. The van der Waals surface area contributed by atoms with Crippen molar-refractivity contribution < 1.29 is 4.79 Å². The van der Waals surface area contributed by atoms with Gasteiger partial charge in [-0.2, -0.15) is 0 Å². The molecular formula is C14H18BrNO. The first-order chi connectivity index (χ1) is 8.11. The minimum absolute atomic E-state index is 0.322. The number of benzene rings is 1. The van der Waals surface area contributed by atoms with Gasteiger partial charge in [-0.3, -0.25) is 4.79 Å². The average Bonchev–Trinajstić information content (AvgIpc) is 2.30. The summed E-state index contributed by atoms with van der Waals surface area (Å²) in [5.74, 6) is 0.393. The van der Waals surface area contributed by atoms with Gasteiger partial charge in [0.15, 0.2) is 0 Å². The van der Waals surface area contributed by atoms with E-state index in [0.29, 0.717) is 24.7 Å². The van der Waals surface area contributed by atoms with Crippen LogP contribution in [0.25, 0.3) is 0 Å². The maximum atomic E-state index is 11.4. The summed E-state index contributed by atoms with van der Waals surface area (Å²) in [4.78, 5) is 13.8. The van der Waals surface area contributed by atoms with E-state index in [1.807, 2.05) is 0 Å². The van der Waals surface area contributed by atoms with E-state index in [2.05, 4.69) is 52.9 Å². The quantitative estimate of drug-likeness (QED) is 0.831. The van der Waals surface area contributed by atoms with Crippen molar-refractivity contribution >= 4 is 27.4 Å². The van der Waals surface area contributed by atoms with Crippen LogP contribution < -0.4 is 4.90 Å². The SMILES string of the molecule is CCc1cc(Br)ccc1N1CCC(=O)CC1C. The first-order valence-electron chi connectivity index (χ1n) is 6.18. The van der Waals surface area contributed by atoms with E-state index in [0.717, 1.165) is 17.4 Å². The largest absolute Gasteiger partial charge is 0.368 e. The smallest absolute Gasteiger partial charge is 0.136 e. The maximum Gasteiger partial charge on any atom is 0.136 e. The molecular weight excluding hydrogens is 278 g/mol. The predicted molar refractivity (Wildman–Crippen MR) is 74.6 cm³/mol. The molecule has 2 nitrogen and oxygen atoms in total. The third-order valence-corrected chi connectivity index (χ3v) is 3.91. The van der Waals surface area contributed by atoms with Crippen LogP contribution >= 0.6 is 15.9 Å². The van der Waals surface area contributed by atoms with Crippen LogP contribution in [0.1, 0.15) is 32.3 Å². The lowest BCUT2D eigenvalue weighted by molar-refractivity contribution is -0.120. The fraction of sp³-hybridized carbons (Fsp3) is 0.500. The van der Waals surface area contributed by atoms with E-state index in [1.165, 1.54) is 11.3 Å². The summed E-state index contributed by atoms with van der Waals surface area (Å²) < 4.78 is 1.12. The summed E-state index contributed by atoms with van der Waals surface area (Å²) in [6.45, 7) is 5.16. The zero-order valence-corrected chi connectivity index (χ0v) is 12.0. The molecule has 3 heteroatoms. The van der Waals surface area contributed by atoms with Crippen LogP contribution in [-0.4, -0.2) is 18.4 Å². The molecule has 1 aliphatic heterocycles. The topological polar surface area (TPSA) is 20.3 Å². The van der Waals surface area contributed by atoms with Crippen molar-refractivity contribution in [1.29, 1.82) is 0 Å². The second-order valence-corrected chi connectivity index (χ2v) is 5.58. The highest BCUT2D eigenvalue weighted by molar-refractivity contribution is 9.10. The van der Waals surface area contributed by atoms with Crippen molar-refractivity contribution in [2.75, 3.05) is 11.4 Å². The Kier molecular flexibility index (Phi) is 3.87. The van der Waals surface area contributed by atoms with Crippen molar-refractivity contribution in [3.63, 3.8) is 0 Å². The number of rotatable bonds is 2. The molecule has 0 spiro atoms. The second-order valence-electron chi connectivity index (χ2n) is 4.66. The molecule has 1 heterocycles. The molecule has 0 saturated carbocycles. The standard InChI is InChI=1S/C14H18BrNO/c1-3-11-9-12(15)4-5-14(11)16-7-6-13(17)8-10(16)2/h4-5,9-10H,3,6-8H2,1-2H3. The van der Waals surface area contributed by atoms with Gasteiger partial charge in [0.2, 0.25) is 0 Å². The van der Waals surface area contributed by atoms with Crippen LogP contribution in [0.4, 0.5) is 5.69 Å². The zero-order chi connectivity index (χ0) is 12.4. The van der Waals surface area contributed by atoms with Gasteiger partial charge in [0.25, 0.3) is 0 Å². The fourth-order valence-electron chi connectivity index (χ4n) is 2.48. The number of ketones is 1. The molecule has 92 valence electrons. The number of aryl methyl sites for hydroxylation is 1. The normalized spacial score (nSPS) is 20.8. The Hall–Kier alpha value is -0.830. The number of nitrogens with zero attached hydrogens (tertiary/aromatic N) is 1. The molecule has 1 aromatic carbocycles. The maximum absolute atomic E-state index is 11.4. The minimum atomic E-state index is 0.322. The summed E-state index contributed by atoms with van der Waals surface area (Å²) in [5, 5.41) is 0. The van der Waals surface area contributed by atoms with Crippen molar-refractivity contribution in [1.82, 2.24) is 0 Å². The number of piperidine rings is 1. The van der Waals surface area contributed by atoms with Gasteiger partial charge < -0.3 is 4.90 Å². The second kappa shape index (κ2) is 5.21. The molecule has 17 heavy (non-hydrogen) atoms. The van der Waals surface area contributed by atoms with E-state index in [9.17, 15) is 4.79 Å². The van der Waals surface area contributed by atoms with Gasteiger partial charge in [-0.1, -0.05) is 22.9 Å². The highest BCUT2D eigenvalue weighted by Crippen LogP contribution is 2.29. The third-order valence-electron chi connectivity index (χ3n) is 3.42. The van der Waals surface area contributed by atoms with E-state index in [-0.39, 0.29) is 0 Å². The lowest BCUT2D eigenvalue weighted by Crippen LogP contribution is -2.41. The van der Waals surface area contributed by atoms with Crippen molar-refractivity contribution in [2.45, 2.75) is 39.2 Å². The van der Waals surface area contributed by atoms with E-state index in [1.54, 1.807) is 0 Å². The number of Topliss-reactive ketones (excluding diaryl/α,β-unsaturated/α-hetero) is 1. The van der Waals surface area contributed by atoms with Crippen LogP contribution in [0.2, 0.25) is 0 Å². The predicted octanol–water partition coefficient (Wildman–Crippen LogP) is 3.57. The summed E-state index contributed by atoms with van der Waals surface area (Å²) in [7, 11) is 0. The number of carbonyl (C=O) groups excluding carboxylic acids is 1. The summed E-state index contributed by atoms with van der Waals surface area (Å²) >= 11 is 3.51. The molecule has 0 amide bonds. The number of hydrogen-bond acceptors (Lipinski definition) is 2. The third kappa shape index (κ3) is 2.71. The van der Waals surface area contributed by atoms with E-state index in [4.69, 9.17) is 0 Å². The van der Waals surface area contributed by atoms with Crippen LogP contribution in [0.5, 0.6) is 0 Å². The van der Waals surface area contributed by atoms with Crippen molar-refractivity contribution in [3.05, 3.63) is 28.2 Å². The van der Waals surface area contributed by atoms with E-state index < -0.39 is 0 Å². The summed E-state index contributed by atoms with van der Waals surface area (Å²) in [6, 6.07) is 6.74. The van der Waals surface area contributed by atoms with Gasteiger partial charge in [0.05, 0.1) is 0 Å². The van der Waals surface area contributed by atoms with Gasteiger partial charge in [0.1, 0.15) is 5.78 Å². The first-order valence-corrected chi connectivity index (χ1v) is 6.98. The zero-order valence-electron chi connectivity index (χ0n) is 10.4. The van der Waals surface area contributed by atoms with Gasteiger partial charge in [-0.05, 0) is 37.1 Å². The van der Waals surface area contributed by atoms with E-state index >= 15 is 0 Å². The van der Waals surface area contributed by atoms with Crippen molar-refractivity contribution in [3.8, 4) is 0 Å². The Balaban J connectivity index is 2.30. The lowest BCUT2D eigenvalue weighted by atomic mass is 9.99. The lowest BCUT2D eigenvalue weighted by Gasteiger charge is -2.36. The fourth-order valence-corrected chi connectivity index (χ4v) is 2.89. The Bertz CT molecular complexity index is 430. The first kappa shape index (κ1) is 12.6. The molecule has 2 rings (SSSR count). The molecule has 1 fully saturated rings. The van der Waals surface area contributed by atoms with Gasteiger partial charge >= 0.3 is 0 Å². The summed E-state index contributed by atoms with van der Waals surface area (Å²) in [6.07, 6.45) is 2.38. The number of carbonyl (C=O) groups is 1. The average molecular weight is 296 g/mol. The molecule has 0 radical (unpaired) electrons. The van der Waals surface area contributed by atoms with Crippen LogP contribution in [0, 0.1) is 0 Å².